The van der Waals surface area contributed by atoms with Crippen LogP contribution in [0.2, 0.25) is 0 Å². The van der Waals surface area contributed by atoms with Crippen LogP contribution in [0.1, 0.15) is 27.0 Å². The molecule has 6 nitrogen and oxygen atoms in total. The average Bonchev–Trinajstić information content (AvgIpc) is 2.96. The first-order chi connectivity index (χ1) is 18.2. The number of fused-ring (bicyclic) bond motifs is 1. The Bertz CT molecular complexity index is 1620. The molecule has 37 heavy (non-hydrogen) atoms. The summed E-state index contributed by atoms with van der Waals surface area (Å²) in [5.74, 6) is 0.354. The van der Waals surface area contributed by atoms with Gasteiger partial charge in [0, 0.05) is 10.9 Å². The summed E-state index contributed by atoms with van der Waals surface area (Å²) < 4.78 is 5.87. The second kappa shape index (κ2) is 11.0. The number of benzene rings is 4. The Labute approximate surface area is 214 Å². The van der Waals surface area contributed by atoms with Crippen LogP contribution >= 0.6 is 0 Å². The van der Waals surface area contributed by atoms with Crippen LogP contribution in [0, 0.1) is 11.3 Å². The molecule has 0 atom stereocenters. The molecule has 1 heterocycles. The zero-order valence-electron chi connectivity index (χ0n) is 19.8. The summed E-state index contributed by atoms with van der Waals surface area (Å²) in [6, 6.07) is 35.9. The molecule has 0 saturated heterocycles. The zero-order valence-corrected chi connectivity index (χ0v) is 19.8. The van der Waals surface area contributed by atoms with Gasteiger partial charge in [0.05, 0.1) is 34.6 Å². The molecule has 178 valence electrons. The van der Waals surface area contributed by atoms with Crippen LogP contribution in [0.5, 0.6) is 5.75 Å². The number of carbonyl (C=O) groups is 1. The fraction of sp³-hybridized carbons (Fsp3) is 0.0323. The van der Waals surface area contributed by atoms with Crippen molar-refractivity contribution in [1.82, 2.24) is 10.4 Å². The Hall–Kier alpha value is -5.28. The van der Waals surface area contributed by atoms with E-state index in [2.05, 4.69) is 16.6 Å². The highest BCUT2D eigenvalue weighted by atomic mass is 16.5. The molecule has 0 aliphatic rings. The lowest BCUT2D eigenvalue weighted by Gasteiger charge is -2.09. The van der Waals surface area contributed by atoms with Crippen LogP contribution < -0.4 is 10.2 Å². The summed E-state index contributed by atoms with van der Waals surface area (Å²) in [6.07, 6.45) is 1.58. The van der Waals surface area contributed by atoms with Gasteiger partial charge < -0.3 is 4.74 Å². The van der Waals surface area contributed by atoms with Crippen LogP contribution in [0.4, 0.5) is 0 Å². The number of pyridine rings is 1. The molecule has 1 N–H and O–H groups in total. The molecule has 6 heteroatoms. The lowest BCUT2D eigenvalue weighted by molar-refractivity contribution is 0.0956. The number of nitrogens with zero attached hydrogens (tertiary/aromatic N) is 3. The van der Waals surface area contributed by atoms with Crippen molar-refractivity contribution >= 4 is 23.0 Å². The Morgan fingerprint density at radius 3 is 2.51 bits per heavy atom. The standard InChI is InChI=1S/C31H22N4O2/c32-19-22-13-15-23(16-14-22)21-37-26-10-6-7-24(17-26)20-33-35-31(36)28-18-30(25-8-2-1-3-9-25)34-29-12-5-4-11-27(28)29/h1-18,20H,21H2,(H,35,36)/b33-20-. The monoisotopic (exact) mass is 482 g/mol. The molecule has 5 rings (SSSR count). The first-order valence-electron chi connectivity index (χ1n) is 11.7. The van der Waals surface area contributed by atoms with Crippen molar-refractivity contribution in [1.29, 1.82) is 5.26 Å². The van der Waals surface area contributed by atoms with E-state index in [1.807, 2.05) is 91.0 Å². The summed E-state index contributed by atoms with van der Waals surface area (Å²) in [4.78, 5) is 17.8. The number of hydrogen-bond donors (Lipinski definition) is 1. The van der Waals surface area contributed by atoms with Crippen LogP contribution in [0.25, 0.3) is 22.2 Å². The fourth-order valence-corrected chi connectivity index (χ4v) is 3.87. The Kier molecular flexibility index (Phi) is 6.96. The van der Waals surface area contributed by atoms with E-state index in [0.717, 1.165) is 33.3 Å². The van der Waals surface area contributed by atoms with Gasteiger partial charge in [-0.3, -0.25) is 4.79 Å². The molecule has 0 unspecified atom stereocenters. The number of ether oxygens (including phenoxy) is 1. The van der Waals surface area contributed by atoms with Crippen LogP contribution in [-0.4, -0.2) is 17.1 Å². The lowest BCUT2D eigenvalue weighted by atomic mass is 10.0. The smallest absolute Gasteiger partial charge is 0.272 e. The van der Waals surface area contributed by atoms with E-state index in [-0.39, 0.29) is 5.91 Å². The molecule has 1 aromatic heterocycles. The van der Waals surface area contributed by atoms with Crippen molar-refractivity contribution in [3.63, 3.8) is 0 Å². The van der Waals surface area contributed by atoms with Crippen molar-refractivity contribution in [3.05, 3.63) is 131 Å². The number of hydrazone groups is 1. The molecular weight excluding hydrogens is 460 g/mol. The maximum absolute atomic E-state index is 13.1. The normalized spacial score (nSPS) is 10.8. The number of nitriles is 1. The number of aromatic nitrogens is 1. The molecule has 0 aliphatic heterocycles. The number of para-hydroxylation sites is 1. The van der Waals surface area contributed by atoms with Gasteiger partial charge in [0.25, 0.3) is 5.91 Å². The van der Waals surface area contributed by atoms with E-state index >= 15 is 0 Å². The maximum atomic E-state index is 13.1. The number of rotatable bonds is 7. The minimum atomic E-state index is -0.319. The molecule has 0 saturated carbocycles. The maximum Gasteiger partial charge on any atom is 0.272 e. The van der Waals surface area contributed by atoms with Gasteiger partial charge in [0.1, 0.15) is 12.4 Å². The van der Waals surface area contributed by atoms with Gasteiger partial charge in [0.15, 0.2) is 0 Å². The predicted octanol–water partition coefficient (Wildman–Crippen LogP) is 6.12. The third kappa shape index (κ3) is 5.69. The van der Waals surface area contributed by atoms with E-state index in [0.29, 0.717) is 23.5 Å². The highest BCUT2D eigenvalue weighted by Gasteiger charge is 2.13. The Balaban J connectivity index is 1.29. The van der Waals surface area contributed by atoms with Crippen molar-refractivity contribution in [2.24, 2.45) is 5.10 Å². The summed E-state index contributed by atoms with van der Waals surface area (Å²) in [6.45, 7) is 0.377. The summed E-state index contributed by atoms with van der Waals surface area (Å²) in [5, 5.41) is 13.9. The molecule has 0 spiro atoms. The second-order valence-electron chi connectivity index (χ2n) is 8.31. The summed E-state index contributed by atoms with van der Waals surface area (Å²) in [7, 11) is 0. The highest BCUT2D eigenvalue weighted by molar-refractivity contribution is 6.07. The van der Waals surface area contributed by atoms with E-state index in [1.165, 1.54) is 0 Å². The first kappa shape index (κ1) is 23.5. The highest BCUT2D eigenvalue weighted by Crippen LogP contribution is 2.25. The van der Waals surface area contributed by atoms with Gasteiger partial charge in [-0.2, -0.15) is 10.4 Å². The minimum absolute atomic E-state index is 0.319. The molecule has 0 bridgehead atoms. The van der Waals surface area contributed by atoms with E-state index in [9.17, 15) is 4.79 Å². The van der Waals surface area contributed by atoms with Gasteiger partial charge in [-0.1, -0.05) is 72.8 Å². The molecule has 1 amide bonds. The molecule has 5 aromatic rings. The van der Waals surface area contributed by atoms with E-state index in [1.54, 1.807) is 24.4 Å². The Morgan fingerprint density at radius 2 is 1.70 bits per heavy atom. The summed E-state index contributed by atoms with van der Waals surface area (Å²) in [5.41, 5.74) is 7.89. The first-order valence-corrected chi connectivity index (χ1v) is 11.7. The van der Waals surface area contributed by atoms with E-state index in [4.69, 9.17) is 15.0 Å². The Morgan fingerprint density at radius 1 is 0.919 bits per heavy atom. The van der Waals surface area contributed by atoms with Crippen molar-refractivity contribution in [3.8, 4) is 23.1 Å². The number of hydrogen-bond acceptors (Lipinski definition) is 5. The fourth-order valence-electron chi connectivity index (χ4n) is 3.87. The third-order valence-corrected chi connectivity index (χ3v) is 5.76. The zero-order chi connectivity index (χ0) is 25.5. The quantitative estimate of drug-likeness (QED) is 0.224. The van der Waals surface area contributed by atoms with Gasteiger partial charge in [-0.15, -0.1) is 0 Å². The van der Waals surface area contributed by atoms with Gasteiger partial charge >= 0.3 is 0 Å². The molecule has 0 fully saturated rings. The van der Waals surface area contributed by atoms with E-state index < -0.39 is 0 Å². The second-order valence-corrected chi connectivity index (χ2v) is 8.31. The largest absolute Gasteiger partial charge is 0.489 e. The van der Waals surface area contributed by atoms with Crippen LogP contribution in [0.15, 0.2) is 114 Å². The van der Waals surface area contributed by atoms with Crippen LogP contribution in [0.3, 0.4) is 0 Å². The van der Waals surface area contributed by atoms with Crippen LogP contribution in [-0.2, 0) is 6.61 Å². The molecular formula is C31H22N4O2. The lowest BCUT2D eigenvalue weighted by Crippen LogP contribution is -2.18. The number of carbonyl (C=O) groups excluding carboxylic acids is 1. The molecule has 0 aliphatic carbocycles. The van der Waals surface area contributed by atoms with Crippen molar-refractivity contribution < 1.29 is 9.53 Å². The molecule has 4 aromatic carbocycles. The number of amides is 1. The SMILES string of the molecule is N#Cc1ccc(COc2cccc(/C=N\NC(=O)c3cc(-c4ccccc4)nc4ccccc34)c2)cc1. The van der Waals surface area contributed by atoms with Crippen molar-refractivity contribution in [2.75, 3.05) is 0 Å². The number of nitrogens with one attached hydrogen (secondary N) is 1. The van der Waals surface area contributed by atoms with Gasteiger partial charge in [0.2, 0.25) is 0 Å². The molecule has 0 radical (unpaired) electrons. The van der Waals surface area contributed by atoms with Gasteiger partial charge in [-0.25, -0.2) is 10.4 Å². The third-order valence-electron chi connectivity index (χ3n) is 5.76. The van der Waals surface area contributed by atoms with Gasteiger partial charge in [-0.05, 0) is 47.5 Å². The topological polar surface area (TPSA) is 87.4 Å². The minimum Gasteiger partial charge on any atom is -0.489 e. The average molecular weight is 483 g/mol. The predicted molar refractivity (Wildman–Crippen MR) is 144 cm³/mol. The van der Waals surface area contributed by atoms with Crippen molar-refractivity contribution in [2.45, 2.75) is 6.61 Å². The summed E-state index contributed by atoms with van der Waals surface area (Å²) >= 11 is 0.